The van der Waals surface area contributed by atoms with Gasteiger partial charge in [0.15, 0.2) is 0 Å². The Labute approximate surface area is 178 Å². The predicted molar refractivity (Wildman–Crippen MR) is 113 cm³/mol. The second-order valence-electron chi connectivity index (χ2n) is 7.41. The molecule has 10 nitrogen and oxygen atoms in total. The molecule has 2 N–H and O–H groups in total. The summed E-state index contributed by atoms with van der Waals surface area (Å²) < 4.78 is 13.2. The van der Waals surface area contributed by atoms with E-state index < -0.39 is 11.0 Å². The van der Waals surface area contributed by atoms with Crippen LogP contribution in [-0.2, 0) is 7.05 Å². The quantitative estimate of drug-likeness (QED) is 0.507. The van der Waals surface area contributed by atoms with Crippen molar-refractivity contribution in [2.45, 2.75) is 44.8 Å². The van der Waals surface area contributed by atoms with Crippen molar-refractivity contribution in [3.63, 3.8) is 0 Å². The Bertz CT molecular complexity index is 1030. The Morgan fingerprint density at radius 1 is 1.23 bits per heavy atom. The third-order valence-corrected chi connectivity index (χ3v) is 5.25. The fourth-order valence-electron chi connectivity index (χ4n) is 3.71. The summed E-state index contributed by atoms with van der Waals surface area (Å²) in [6.07, 6.45) is 2.95. The van der Waals surface area contributed by atoms with Crippen molar-refractivity contribution < 1.29 is 24.3 Å². The van der Waals surface area contributed by atoms with Crippen molar-refractivity contribution >= 4 is 11.8 Å². The topological polar surface area (TPSA) is 133 Å². The van der Waals surface area contributed by atoms with Gasteiger partial charge in [0.25, 0.3) is 11.2 Å². The highest BCUT2D eigenvalue weighted by Gasteiger charge is 2.25. The number of hydrogen-bond donors (Lipinski definition) is 2. The lowest BCUT2D eigenvalue weighted by Gasteiger charge is -2.29. The molecule has 2 aromatic rings. The molecule has 0 radical (unpaired) electrons. The Balaban J connectivity index is 1.95. The van der Waals surface area contributed by atoms with Crippen LogP contribution in [0.1, 0.15) is 32.6 Å². The molecule has 0 unspecified atom stereocenters. The molecular formula is C21H25N3O7. The average molecular weight is 431 g/mol. The highest BCUT2D eigenvalue weighted by atomic mass is 16.6. The monoisotopic (exact) mass is 431 g/mol. The van der Waals surface area contributed by atoms with E-state index in [0.717, 1.165) is 0 Å². The molecule has 1 aromatic carbocycles. The van der Waals surface area contributed by atoms with Crippen LogP contribution in [0.15, 0.2) is 35.3 Å². The maximum atomic E-state index is 12.1. The lowest BCUT2D eigenvalue weighted by molar-refractivity contribution is -0.384. The third-order valence-electron chi connectivity index (χ3n) is 5.25. The van der Waals surface area contributed by atoms with Gasteiger partial charge < -0.3 is 24.5 Å². The number of nitro groups is 1. The first-order valence-electron chi connectivity index (χ1n) is 10.1. The van der Waals surface area contributed by atoms with Crippen LogP contribution in [0.3, 0.4) is 0 Å². The summed E-state index contributed by atoms with van der Waals surface area (Å²) in [6, 6.07) is 5.58. The van der Waals surface area contributed by atoms with Crippen LogP contribution in [0, 0.1) is 10.1 Å². The normalized spacial score (nSPS) is 18.3. The molecule has 10 heteroatoms. The van der Waals surface area contributed by atoms with Crippen LogP contribution in [0.2, 0.25) is 0 Å². The molecule has 1 heterocycles. The molecule has 1 fully saturated rings. The number of pyridine rings is 1. The van der Waals surface area contributed by atoms with Crippen molar-refractivity contribution in [3.8, 4) is 22.6 Å². The molecule has 1 aliphatic carbocycles. The largest absolute Gasteiger partial charge is 0.493 e. The van der Waals surface area contributed by atoms with Gasteiger partial charge in [-0.2, -0.15) is 0 Å². The number of benzene rings is 1. The van der Waals surface area contributed by atoms with Crippen molar-refractivity contribution in [1.29, 1.82) is 0 Å². The summed E-state index contributed by atoms with van der Waals surface area (Å²) >= 11 is 0. The molecule has 1 amide bonds. The van der Waals surface area contributed by atoms with E-state index in [2.05, 4.69) is 5.32 Å². The van der Waals surface area contributed by atoms with Gasteiger partial charge in [-0.1, -0.05) is 0 Å². The first kappa shape index (κ1) is 22.1. The molecular weight excluding hydrogens is 406 g/mol. The van der Waals surface area contributed by atoms with Crippen LogP contribution in [-0.4, -0.2) is 39.4 Å². The van der Waals surface area contributed by atoms with Gasteiger partial charge >= 0.3 is 6.09 Å². The first-order valence-corrected chi connectivity index (χ1v) is 10.1. The van der Waals surface area contributed by atoms with Gasteiger partial charge in [0, 0.05) is 48.6 Å². The van der Waals surface area contributed by atoms with E-state index in [-0.39, 0.29) is 23.4 Å². The fourth-order valence-corrected chi connectivity index (χ4v) is 3.71. The van der Waals surface area contributed by atoms with Crippen molar-refractivity contribution in [1.82, 2.24) is 9.88 Å². The van der Waals surface area contributed by atoms with Crippen LogP contribution < -0.4 is 20.3 Å². The molecule has 0 spiro atoms. The number of non-ortho nitro benzene ring substituents is 1. The minimum absolute atomic E-state index is 0.104. The second-order valence-corrected chi connectivity index (χ2v) is 7.41. The van der Waals surface area contributed by atoms with E-state index in [1.165, 1.54) is 22.8 Å². The Morgan fingerprint density at radius 3 is 2.55 bits per heavy atom. The summed E-state index contributed by atoms with van der Waals surface area (Å²) in [5, 5.41) is 22.7. The number of nitro benzene ring substituents is 1. The number of carboxylic acid groups (broad SMARTS) is 1. The van der Waals surface area contributed by atoms with Gasteiger partial charge in [-0.3, -0.25) is 14.9 Å². The number of carbonyl (C=O) groups is 1. The summed E-state index contributed by atoms with van der Waals surface area (Å²) in [5.41, 5.74) is 0.611. The maximum Gasteiger partial charge on any atom is 0.404 e. The van der Waals surface area contributed by atoms with E-state index in [4.69, 9.17) is 14.6 Å². The molecule has 31 heavy (non-hydrogen) atoms. The van der Waals surface area contributed by atoms with E-state index in [0.29, 0.717) is 54.9 Å². The molecule has 0 atom stereocenters. The summed E-state index contributed by atoms with van der Waals surface area (Å²) in [6.45, 7) is 2.11. The zero-order valence-electron chi connectivity index (χ0n) is 17.4. The number of aryl methyl sites for hydroxylation is 1. The lowest BCUT2D eigenvalue weighted by Crippen LogP contribution is -2.38. The van der Waals surface area contributed by atoms with Crippen LogP contribution in [0.4, 0.5) is 10.5 Å². The Kier molecular flexibility index (Phi) is 6.78. The zero-order valence-corrected chi connectivity index (χ0v) is 17.4. The van der Waals surface area contributed by atoms with E-state index in [9.17, 15) is 19.7 Å². The summed E-state index contributed by atoms with van der Waals surface area (Å²) in [7, 11) is 1.59. The molecule has 0 saturated heterocycles. The molecule has 1 aliphatic rings. The van der Waals surface area contributed by atoms with Gasteiger partial charge in [-0.25, -0.2) is 4.79 Å². The standard InChI is InChI=1S/C21H25N3O7/c1-3-30-19-11-20(25)23(2)12-17(19)16-10-14(24(28)29)6-9-18(16)31-15-7-4-13(5-8-15)22-21(26)27/h6,9-13,15,22H,3-5,7-8H2,1-2H3,(H,26,27)/t13-,15-. The summed E-state index contributed by atoms with van der Waals surface area (Å²) in [4.78, 5) is 33.8. The third kappa shape index (κ3) is 5.33. The molecule has 0 bridgehead atoms. The van der Waals surface area contributed by atoms with Gasteiger partial charge in [0.2, 0.25) is 0 Å². The molecule has 1 aromatic heterocycles. The van der Waals surface area contributed by atoms with E-state index in [1.54, 1.807) is 26.2 Å². The zero-order chi connectivity index (χ0) is 22.5. The number of ether oxygens (including phenoxy) is 2. The average Bonchev–Trinajstić information content (AvgIpc) is 2.72. The van der Waals surface area contributed by atoms with Crippen LogP contribution >= 0.6 is 0 Å². The number of nitrogens with zero attached hydrogens (tertiary/aromatic N) is 2. The van der Waals surface area contributed by atoms with Gasteiger partial charge in [0.1, 0.15) is 11.5 Å². The Hall–Kier alpha value is -3.56. The van der Waals surface area contributed by atoms with E-state index in [1.807, 2.05) is 0 Å². The highest BCUT2D eigenvalue weighted by Crippen LogP contribution is 2.39. The number of aromatic nitrogens is 1. The SMILES string of the molecule is CCOc1cc(=O)n(C)cc1-c1cc([N+](=O)[O-])ccc1O[C@H]1CC[C@H](NC(=O)O)CC1. The van der Waals surface area contributed by atoms with E-state index >= 15 is 0 Å². The lowest BCUT2D eigenvalue weighted by atomic mass is 9.93. The van der Waals surface area contributed by atoms with Gasteiger partial charge in [-0.05, 0) is 38.7 Å². The molecule has 0 aliphatic heterocycles. The highest BCUT2D eigenvalue weighted by molar-refractivity contribution is 5.77. The minimum atomic E-state index is -1.04. The molecule has 166 valence electrons. The number of nitrogens with one attached hydrogen (secondary N) is 1. The minimum Gasteiger partial charge on any atom is -0.493 e. The maximum absolute atomic E-state index is 12.1. The van der Waals surface area contributed by atoms with Crippen molar-refractivity contribution in [2.75, 3.05) is 6.61 Å². The predicted octanol–water partition coefficient (Wildman–Crippen LogP) is 3.32. The number of hydrogen-bond acceptors (Lipinski definition) is 6. The van der Waals surface area contributed by atoms with Crippen LogP contribution in [0.5, 0.6) is 11.5 Å². The number of amides is 1. The smallest absolute Gasteiger partial charge is 0.404 e. The fraction of sp³-hybridized carbons (Fsp3) is 0.429. The van der Waals surface area contributed by atoms with Gasteiger partial charge in [0.05, 0.1) is 17.6 Å². The molecule has 1 saturated carbocycles. The Morgan fingerprint density at radius 2 is 1.94 bits per heavy atom. The van der Waals surface area contributed by atoms with Gasteiger partial charge in [-0.15, -0.1) is 0 Å². The first-order chi connectivity index (χ1) is 14.8. The van der Waals surface area contributed by atoms with Crippen LogP contribution in [0.25, 0.3) is 11.1 Å². The molecule has 3 rings (SSSR count). The van der Waals surface area contributed by atoms with Crippen molar-refractivity contribution in [2.24, 2.45) is 7.05 Å². The number of rotatable bonds is 7. The second kappa shape index (κ2) is 9.50. The summed E-state index contributed by atoms with van der Waals surface area (Å²) in [5.74, 6) is 0.769. The van der Waals surface area contributed by atoms with Crippen molar-refractivity contribution in [3.05, 3.63) is 50.9 Å².